The van der Waals surface area contributed by atoms with Gasteiger partial charge in [-0.15, -0.1) is 5.10 Å². The molecule has 1 heterocycles. The molecule has 2 rings (SSSR count). The van der Waals surface area contributed by atoms with E-state index in [-0.39, 0.29) is 18.0 Å². The molecule has 21 heavy (non-hydrogen) atoms. The summed E-state index contributed by atoms with van der Waals surface area (Å²) in [5.41, 5.74) is 0.0484. The number of rotatable bonds is 3. The Hall–Kier alpha value is -1.69. The third kappa shape index (κ3) is 4.39. The SMILES string of the molecule is CC(C)(C)c1ccc(NC(=O)NCC2(O)CCCC2)nn1. The minimum absolute atomic E-state index is 0.0699. The molecule has 6 heteroatoms. The smallest absolute Gasteiger partial charge is 0.320 e. The van der Waals surface area contributed by atoms with Crippen LogP contribution in [-0.4, -0.2) is 33.5 Å². The molecular weight excluding hydrogens is 268 g/mol. The topological polar surface area (TPSA) is 87.1 Å². The first kappa shape index (κ1) is 15.7. The Bertz CT molecular complexity index is 487. The number of aliphatic hydroxyl groups is 1. The van der Waals surface area contributed by atoms with Gasteiger partial charge in [0.2, 0.25) is 0 Å². The molecule has 3 N–H and O–H groups in total. The average Bonchev–Trinajstić information content (AvgIpc) is 2.84. The van der Waals surface area contributed by atoms with Gasteiger partial charge in [0.1, 0.15) is 0 Å². The minimum atomic E-state index is -0.751. The van der Waals surface area contributed by atoms with Gasteiger partial charge in [-0.05, 0) is 25.0 Å². The Morgan fingerprint density at radius 3 is 2.48 bits per heavy atom. The Balaban J connectivity index is 1.85. The van der Waals surface area contributed by atoms with Crippen molar-refractivity contribution in [3.05, 3.63) is 17.8 Å². The number of aromatic nitrogens is 2. The summed E-state index contributed by atoms with van der Waals surface area (Å²) in [5, 5.41) is 23.6. The first-order chi connectivity index (χ1) is 9.78. The van der Waals surface area contributed by atoms with Gasteiger partial charge in [-0.3, -0.25) is 5.32 Å². The van der Waals surface area contributed by atoms with Gasteiger partial charge < -0.3 is 10.4 Å². The maximum atomic E-state index is 11.8. The molecule has 1 saturated carbocycles. The molecule has 0 aliphatic heterocycles. The number of urea groups is 1. The highest BCUT2D eigenvalue weighted by molar-refractivity contribution is 5.88. The van der Waals surface area contributed by atoms with Crippen molar-refractivity contribution in [3.63, 3.8) is 0 Å². The van der Waals surface area contributed by atoms with Gasteiger partial charge in [0.05, 0.1) is 11.3 Å². The summed E-state index contributed by atoms with van der Waals surface area (Å²) < 4.78 is 0. The third-order valence-electron chi connectivity index (χ3n) is 3.79. The van der Waals surface area contributed by atoms with Gasteiger partial charge >= 0.3 is 6.03 Å². The summed E-state index contributed by atoms with van der Waals surface area (Å²) in [5.74, 6) is 0.402. The number of hydrogen-bond donors (Lipinski definition) is 3. The zero-order valence-electron chi connectivity index (χ0n) is 12.9. The highest BCUT2D eigenvalue weighted by Gasteiger charge is 2.31. The van der Waals surface area contributed by atoms with Crippen LogP contribution in [0.4, 0.5) is 10.6 Å². The van der Waals surface area contributed by atoms with Crippen LogP contribution in [0.1, 0.15) is 52.1 Å². The van der Waals surface area contributed by atoms with E-state index in [0.717, 1.165) is 31.4 Å². The van der Waals surface area contributed by atoms with E-state index in [2.05, 4.69) is 41.6 Å². The van der Waals surface area contributed by atoms with Crippen molar-refractivity contribution >= 4 is 11.8 Å². The van der Waals surface area contributed by atoms with E-state index < -0.39 is 5.60 Å². The second kappa shape index (κ2) is 5.97. The Morgan fingerprint density at radius 2 is 1.95 bits per heavy atom. The number of hydrogen-bond acceptors (Lipinski definition) is 4. The molecule has 0 unspecified atom stereocenters. The molecule has 1 aromatic heterocycles. The van der Waals surface area contributed by atoms with Gasteiger partial charge in [0, 0.05) is 12.0 Å². The van der Waals surface area contributed by atoms with E-state index >= 15 is 0 Å². The second-order valence-corrected chi connectivity index (χ2v) is 6.79. The summed E-state index contributed by atoms with van der Waals surface area (Å²) in [4.78, 5) is 11.8. The third-order valence-corrected chi connectivity index (χ3v) is 3.79. The predicted octanol–water partition coefficient (Wildman–Crippen LogP) is 2.20. The molecule has 0 radical (unpaired) electrons. The van der Waals surface area contributed by atoms with E-state index in [1.165, 1.54) is 0 Å². The fraction of sp³-hybridized carbons (Fsp3) is 0.667. The van der Waals surface area contributed by atoms with Crippen molar-refractivity contribution in [3.8, 4) is 0 Å². The largest absolute Gasteiger partial charge is 0.388 e. The zero-order chi connectivity index (χ0) is 15.5. The molecule has 116 valence electrons. The summed E-state index contributed by atoms with van der Waals surface area (Å²) in [7, 11) is 0. The molecule has 1 aliphatic carbocycles. The molecule has 0 bridgehead atoms. The molecule has 1 aliphatic rings. The van der Waals surface area contributed by atoms with Crippen LogP contribution >= 0.6 is 0 Å². The minimum Gasteiger partial charge on any atom is -0.388 e. The maximum Gasteiger partial charge on any atom is 0.320 e. The van der Waals surface area contributed by atoms with Crippen LogP contribution in [0.25, 0.3) is 0 Å². The van der Waals surface area contributed by atoms with E-state index in [1.54, 1.807) is 6.07 Å². The molecule has 0 spiro atoms. The predicted molar refractivity (Wildman–Crippen MR) is 81.2 cm³/mol. The van der Waals surface area contributed by atoms with Gasteiger partial charge in [-0.25, -0.2) is 4.79 Å². The van der Waals surface area contributed by atoms with E-state index in [9.17, 15) is 9.90 Å². The maximum absolute atomic E-state index is 11.8. The lowest BCUT2D eigenvalue weighted by Gasteiger charge is -2.22. The average molecular weight is 292 g/mol. The molecule has 1 aromatic rings. The van der Waals surface area contributed by atoms with E-state index in [4.69, 9.17) is 0 Å². The van der Waals surface area contributed by atoms with Crippen molar-refractivity contribution in [2.24, 2.45) is 0 Å². The summed E-state index contributed by atoms with van der Waals surface area (Å²) in [6.45, 7) is 6.43. The van der Waals surface area contributed by atoms with Crippen LogP contribution in [0, 0.1) is 0 Å². The van der Waals surface area contributed by atoms with Crippen molar-refractivity contribution < 1.29 is 9.90 Å². The first-order valence-electron chi connectivity index (χ1n) is 7.40. The molecular formula is C15H24N4O2. The number of nitrogens with zero attached hydrogens (tertiary/aromatic N) is 2. The number of anilines is 1. The van der Waals surface area contributed by atoms with Gasteiger partial charge in [0.25, 0.3) is 0 Å². The molecule has 6 nitrogen and oxygen atoms in total. The van der Waals surface area contributed by atoms with Crippen molar-refractivity contribution in [2.75, 3.05) is 11.9 Å². The fourth-order valence-electron chi connectivity index (χ4n) is 2.41. The molecule has 2 amide bonds. The van der Waals surface area contributed by atoms with E-state index in [0.29, 0.717) is 5.82 Å². The van der Waals surface area contributed by atoms with Crippen LogP contribution in [0.15, 0.2) is 12.1 Å². The first-order valence-corrected chi connectivity index (χ1v) is 7.40. The molecule has 0 saturated heterocycles. The molecule has 0 aromatic carbocycles. The lowest BCUT2D eigenvalue weighted by molar-refractivity contribution is 0.0506. The molecule has 0 atom stereocenters. The highest BCUT2D eigenvalue weighted by Crippen LogP contribution is 2.28. The van der Waals surface area contributed by atoms with Crippen molar-refractivity contribution in [2.45, 2.75) is 57.5 Å². The number of nitrogens with one attached hydrogen (secondary N) is 2. The van der Waals surface area contributed by atoms with Crippen LogP contribution in [0.3, 0.4) is 0 Å². The monoisotopic (exact) mass is 292 g/mol. The highest BCUT2D eigenvalue weighted by atomic mass is 16.3. The van der Waals surface area contributed by atoms with Crippen molar-refractivity contribution in [1.82, 2.24) is 15.5 Å². The zero-order valence-corrected chi connectivity index (χ0v) is 12.9. The normalized spacial score (nSPS) is 17.5. The fourth-order valence-corrected chi connectivity index (χ4v) is 2.41. The Morgan fingerprint density at radius 1 is 1.29 bits per heavy atom. The number of amides is 2. The standard InChI is InChI=1S/C15H24N4O2/c1-14(2,3)11-6-7-12(19-18-11)17-13(20)16-10-15(21)8-4-5-9-15/h6-7,21H,4-5,8-10H2,1-3H3,(H2,16,17,19,20). The van der Waals surface area contributed by atoms with Crippen LogP contribution in [0.2, 0.25) is 0 Å². The lowest BCUT2D eigenvalue weighted by atomic mass is 9.92. The summed E-state index contributed by atoms with van der Waals surface area (Å²) in [6.07, 6.45) is 3.51. The Labute approximate surface area is 125 Å². The van der Waals surface area contributed by atoms with Gasteiger partial charge in [0.15, 0.2) is 5.82 Å². The number of carbonyl (C=O) groups excluding carboxylic acids is 1. The Kier molecular flexibility index (Phi) is 4.46. The summed E-state index contributed by atoms with van der Waals surface area (Å²) in [6, 6.07) is 3.22. The van der Waals surface area contributed by atoms with Crippen molar-refractivity contribution in [1.29, 1.82) is 0 Å². The lowest BCUT2D eigenvalue weighted by Crippen LogP contribution is -2.42. The van der Waals surface area contributed by atoms with E-state index in [1.807, 2.05) is 6.07 Å². The van der Waals surface area contributed by atoms with Gasteiger partial charge in [-0.2, -0.15) is 5.10 Å². The summed E-state index contributed by atoms with van der Waals surface area (Å²) >= 11 is 0. The number of carbonyl (C=O) groups is 1. The van der Waals surface area contributed by atoms with Gasteiger partial charge in [-0.1, -0.05) is 33.6 Å². The molecule has 1 fully saturated rings. The quantitative estimate of drug-likeness (QED) is 0.797. The van der Waals surface area contributed by atoms with Crippen LogP contribution < -0.4 is 10.6 Å². The van der Waals surface area contributed by atoms with Crippen LogP contribution in [-0.2, 0) is 5.41 Å². The van der Waals surface area contributed by atoms with Crippen LogP contribution in [0.5, 0.6) is 0 Å². The second-order valence-electron chi connectivity index (χ2n) is 6.79.